The molecule has 3 aliphatic rings. The van der Waals surface area contributed by atoms with E-state index in [9.17, 15) is 4.79 Å². The lowest BCUT2D eigenvalue weighted by molar-refractivity contribution is 0.0938. The van der Waals surface area contributed by atoms with Crippen LogP contribution in [0, 0.1) is 12.7 Å². The number of pyridine rings is 1. The summed E-state index contributed by atoms with van der Waals surface area (Å²) in [5.74, 6) is -0.318. The van der Waals surface area contributed by atoms with Gasteiger partial charge >= 0.3 is 0 Å². The molecule has 34 heavy (non-hydrogen) atoms. The lowest BCUT2D eigenvalue weighted by Crippen LogP contribution is -2.52. The maximum Gasteiger partial charge on any atom is 0.263 e. The first-order valence-electron chi connectivity index (χ1n) is 12.1. The molecule has 2 aliphatic heterocycles. The molecule has 3 aromatic rings. The standard InChI is InChI=1S/C26H30FN5OS/c1-14-3-8-20-23(28)24(34-26(20)29-14)25(33)30-17-5-4-15-11-22(21(27)10-16(15)9-17)32-12-18-6-7-19(13-32)31(18)2/h3,8,10-11,17-19H,4-7,9,12-13,28H2,1-2H3,(H,30,33)/t17-,18?,19?/m1/s1. The van der Waals surface area contributed by atoms with E-state index >= 15 is 4.39 Å². The molecule has 3 N–H and O–H groups in total. The molecule has 1 aliphatic carbocycles. The number of nitrogens with one attached hydrogen (secondary N) is 1. The van der Waals surface area contributed by atoms with Crippen molar-refractivity contribution in [1.29, 1.82) is 0 Å². The third-order valence-corrected chi connectivity index (χ3v) is 9.07. The number of anilines is 2. The van der Waals surface area contributed by atoms with Crippen LogP contribution in [0.4, 0.5) is 15.8 Å². The molecule has 8 heteroatoms. The highest BCUT2D eigenvalue weighted by atomic mass is 32.1. The quantitative estimate of drug-likeness (QED) is 0.596. The van der Waals surface area contributed by atoms with Gasteiger partial charge in [-0.15, -0.1) is 11.3 Å². The molecule has 2 bridgehead atoms. The Bertz CT molecular complexity index is 1280. The van der Waals surface area contributed by atoms with Crippen molar-refractivity contribution in [3.05, 3.63) is 51.8 Å². The van der Waals surface area contributed by atoms with E-state index in [2.05, 4.69) is 33.2 Å². The number of aromatic nitrogens is 1. The lowest BCUT2D eigenvalue weighted by atomic mass is 9.87. The van der Waals surface area contributed by atoms with E-state index in [1.54, 1.807) is 6.07 Å². The summed E-state index contributed by atoms with van der Waals surface area (Å²) in [5, 5.41) is 3.96. The summed E-state index contributed by atoms with van der Waals surface area (Å²) < 4.78 is 15.2. The number of thiophene rings is 1. The van der Waals surface area contributed by atoms with E-state index < -0.39 is 0 Å². The molecule has 2 aromatic heterocycles. The van der Waals surface area contributed by atoms with Crippen LogP contribution in [0.2, 0.25) is 0 Å². The van der Waals surface area contributed by atoms with Gasteiger partial charge in [-0.25, -0.2) is 9.37 Å². The third-order valence-electron chi connectivity index (χ3n) is 7.96. The number of likely N-dealkylation sites (N-methyl/N-ethyl adjacent to an activating group) is 1. The Morgan fingerprint density at radius 3 is 2.71 bits per heavy atom. The maximum atomic E-state index is 15.2. The second-order valence-electron chi connectivity index (χ2n) is 10.1. The van der Waals surface area contributed by atoms with Crippen LogP contribution in [0.3, 0.4) is 0 Å². The zero-order chi connectivity index (χ0) is 23.6. The Morgan fingerprint density at radius 2 is 1.94 bits per heavy atom. The molecule has 0 spiro atoms. The second-order valence-corrected chi connectivity index (χ2v) is 11.1. The number of aryl methyl sites for hydroxylation is 2. The fourth-order valence-corrected chi connectivity index (χ4v) is 6.99. The van der Waals surface area contributed by atoms with E-state index in [1.165, 1.54) is 29.7 Å². The predicted molar refractivity (Wildman–Crippen MR) is 135 cm³/mol. The van der Waals surface area contributed by atoms with E-state index in [4.69, 9.17) is 5.73 Å². The Morgan fingerprint density at radius 1 is 1.18 bits per heavy atom. The first kappa shape index (κ1) is 21.8. The molecule has 1 aromatic carbocycles. The van der Waals surface area contributed by atoms with Crippen molar-refractivity contribution in [2.75, 3.05) is 30.8 Å². The van der Waals surface area contributed by atoms with Crippen molar-refractivity contribution >= 4 is 38.8 Å². The van der Waals surface area contributed by atoms with Gasteiger partial charge in [0.2, 0.25) is 0 Å². The van der Waals surface area contributed by atoms with Gasteiger partial charge in [-0.3, -0.25) is 9.69 Å². The van der Waals surface area contributed by atoms with Gasteiger partial charge in [0.1, 0.15) is 15.5 Å². The van der Waals surface area contributed by atoms with Crippen LogP contribution in [-0.4, -0.2) is 54.1 Å². The topological polar surface area (TPSA) is 74.5 Å². The van der Waals surface area contributed by atoms with Gasteiger partial charge in [0.25, 0.3) is 5.91 Å². The molecular formula is C26H30FN5OS. The molecule has 2 unspecified atom stereocenters. The number of benzene rings is 1. The monoisotopic (exact) mass is 479 g/mol. The average Bonchev–Trinajstić information content (AvgIpc) is 3.21. The van der Waals surface area contributed by atoms with Crippen molar-refractivity contribution in [1.82, 2.24) is 15.2 Å². The van der Waals surface area contributed by atoms with Gasteiger partial charge in [0.15, 0.2) is 0 Å². The number of amides is 1. The SMILES string of the molecule is Cc1ccc2c(N)c(C(=O)N[C@@H]3CCc4cc(N5CC6CCC(C5)N6C)c(F)cc4C3)sc2n1. The molecule has 0 radical (unpaired) electrons. The highest BCUT2D eigenvalue weighted by molar-refractivity contribution is 7.21. The number of carbonyl (C=O) groups is 1. The number of fused-ring (bicyclic) bond motifs is 4. The highest BCUT2D eigenvalue weighted by Crippen LogP contribution is 2.36. The van der Waals surface area contributed by atoms with Crippen LogP contribution in [0.15, 0.2) is 24.3 Å². The minimum atomic E-state index is -0.170. The van der Waals surface area contributed by atoms with Gasteiger partial charge in [-0.2, -0.15) is 0 Å². The zero-order valence-electron chi connectivity index (χ0n) is 19.6. The second kappa shape index (κ2) is 8.20. The smallest absolute Gasteiger partial charge is 0.263 e. The van der Waals surface area contributed by atoms with Gasteiger partial charge in [-0.05, 0) is 81.5 Å². The number of hydrogen-bond donors (Lipinski definition) is 2. The van der Waals surface area contributed by atoms with Crippen molar-refractivity contribution < 1.29 is 9.18 Å². The van der Waals surface area contributed by atoms with Crippen LogP contribution in [-0.2, 0) is 12.8 Å². The van der Waals surface area contributed by atoms with E-state index in [-0.39, 0.29) is 17.8 Å². The summed E-state index contributed by atoms with van der Waals surface area (Å²) in [6.07, 6.45) is 4.70. The molecule has 0 saturated carbocycles. The number of piperazine rings is 1. The Labute approximate surface area is 202 Å². The number of nitrogens with zero attached hydrogens (tertiary/aromatic N) is 3. The summed E-state index contributed by atoms with van der Waals surface area (Å²) in [5.41, 5.74) is 10.6. The molecule has 4 heterocycles. The van der Waals surface area contributed by atoms with E-state index in [0.717, 1.165) is 53.1 Å². The fraction of sp³-hybridized carbons (Fsp3) is 0.462. The zero-order valence-corrected chi connectivity index (χ0v) is 20.4. The van der Waals surface area contributed by atoms with Crippen molar-refractivity contribution in [2.45, 2.75) is 57.2 Å². The molecule has 1 amide bonds. The maximum absolute atomic E-state index is 15.2. The summed E-state index contributed by atoms with van der Waals surface area (Å²) in [4.78, 5) is 23.5. The number of carbonyl (C=O) groups excluding carboxylic acids is 1. The molecule has 3 atom stereocenters. The van der Waals surface area contributed by atoms with Crippen LogP contribution >= 0.6 is 11.3 Å². The number of halogens is 1. The largest absolute Gasteiger partial charge is 0.397 e. The van der Waals surface area contributed by atoms with Gasteiger partial charge in [0, 0.05) is 42.3 Å². The highest BCUT2D eigenvalue weighted by Gasteiger charge is 2.38. The van der Waals surface area contributed by atoms with Crippen molar-refractivity contribution in [3.63, 3.8) is 0 Å². The molecule has 6 rings (SSSR count). The predicted octanol–water partition coefficient (Wildman–Crippen LogP) is 3.90. The van der Waals surface area contributed by atoms with Crippen LogP contribution < -0.4 is 16.0 Å². The first-order chi connectivity index (χ1) is 16.4. The summed E-state index contributed by atoms with van der Waals surface area (Å²) >= 11 is 1.33. The molecule has 6 nitrogen and oxygen atoms in total. The Balaban J connectivity index is 1.18. The summed E-state index contributed by atoms with van der Waals surface area (Å²) in [6, 6.07) is 8.59. The molecule has 2 fully saturated rings. The van der Waals surface area contributed by atoms with E-state index in [1.807, 2.05) is 19.1 Å². The Kier molecular flexibility index (Phi) is 5.26. The first-order valence-corrected chi connectivity index (χ1v) is 12.9. The van der Waals surface area contributed by atoms with Crippen molar-refractivity contribution in [3.8, 4) is 0 Å². The fourth-order valence-electron chi connectivity index (χ4n) is 5.95. The lowest BCUT2D eigenvalue weighted by Gasteiger charge is -2.40. The number of rotatable bonds is 3. The Hall–Kier alpha value is -2.71. The number of nitrogens with two attached hydrogens (primary N) is 1. The number of hydrogen-bond acceptors (Lipinski definition) is 6. The third kappa shape index (κ3) is 3.64. The average molecular weight is 480 g/mol. The molecule has 2 saturated heterocycles. The normalized spacial score (nSPS) is 24.4. The minimum absolute atomic E-state index is 0.0379. The van der Waals surface area contributed by atoms with Gasteiger partial charge < -0.3 is 16.0 Å². The van der Waals surface area contributed by atoms with Crippen molar-refractivity contribution in [2.24, 2.45) is 0 Å². The summed E-state index contributed by atoms with van der Waals surface area (Å²) in [6.45, 7) is 3.71. The van der Waals surface area contributed by atoms with Crippen LogP contribution in [0.5, 0.6) is 0 Å². The minimum Gasteiger partial charge on any atom is -0.397 e. The van der Waals surface area contributed by atoms with Crippen LogP contribution in [0.25, 0.3) is 10.2 Å². The van der Waals surface area contributed by atoms with E-state index in [0.29, 0.717) is 29.1 Å². The summed E-state index contributed by atoms with van der Waals surface area (Å²) in [7, 11) is 2.20. The number of nitrogen functional groups attached to an aromatic ring is 1. The van der Waals surface area contributed by atoms with Gasteiger partial charge in [0.05, 0.1) is 11.4 Å². The molecular weight excluding hydrogens is 449 g/mol. The van der Waals surface area contributed by atoms with Gasteiger partial charge in [-0.1, -0.05) is 0 Å². The van der Waals surface area contributed by atoms with Crippen LogP contribution in [0.1, 0.15) is 45.8 Å². The molecule has 178 valence electrons.